The molecule has 0 aromatic heterocycles. The number of aliphatic hydroxyl groups is 1. The zero-order chi connectivity index (χ0) is 17.5. The Morgan fingerprint density at radius 3 is 2.92 bits per heavy atom. The highest BCUT2D eigenvalue weighted by Gasteiger charge is 2.33. The third-order valence-corrected chi connectivity index (χ3v) is 4.82. The van der Waals surface area contributed by atoms with E-state index < -0.39 is 6.10 Å². The molecule has 3 N–H and O–H groups in total. The Bertz CT molecular complexity index is 539. The van der Waals surface area contributed by atoms with Crippen LogP contribution >= 0.6 is 0 Å². The number of amides is 1. The molecule has 0 bridgehead atoms. The van der Waals surface area contributed by atoms with Crippen LogP contribution in [0.3, 0.4) is 0 Å². The van der Waals surface area contributed by atoms with Crippen LogP contribution in [-0.2, 0) is 20.7 Å². The molecule has 2 heterocycles. The standard InChI is InChI=1S/C19H28N2O4/c22-15-11-21-17-7-6-16(25-18(17)13-24-12-15)10-19(23)20-9-8-14-4-2-1-3-5-14/h1-5,15-18,21-22H,6-13H2,(H,20,23)/t15-,16+,17-,18+/m1/s1. The van der Waals surface area contributed by atoms with Crippen molar-refractivity contribution in [2.45, 2.75) is 50.0 Å². The van der Waals surface area contributed by atoms with Crippen LogP contribution in [0.25, 0.3) is 0 Å². The highest BCUT2D eigenvalue weighted by molar-refractivity contribution is 5.76. The van der Waals surface area contributed by atoms with Gasteiger partial charge in [-0.1, -0.05) is 30.3 Å². The first kappa shape index (κ1) is 18.3. The molecule has 6 heteroatoms. The summed E-state index contributed by atoms with van der Waals surface area (Å²) in [4.78, 5) is 12.2. The van der Waals surface area contributed by atoms with Gasteiger partial charge in [0, 0.05) is 19.1 Å². The molecule has 2 aliphatic rings. The first-order valence-corrected chi connectivity index (χ1v) is 9.16. The van der Waals surface area contributed by atoms with Gasteiger partial charge in [-0.15, -0.1) is 0 Å². The fourth-order valence-electron chi connectivity index (χ4n) is 3.44. The summed E-state index contributed by atoms with van der Waals surface area (Å²) in [5, 5.41) is 16.0. The summed E-state index contributed by atoms with van der Waals surface area (Å²) in [6, 6.07) is 10.3. The SMILES string of the molecule is O=C(C[C@@H]1CC[C@H]2NC[C@@H](O)COC[C@@H]2O1)NCCc1ccccc1. The van der Waals surface area contributed by atoms with Gasteiger partial charge in [-0.2, -0.15) is 0 Å². The van der Waals surface area contributed by atoms with E-state index in [2.05, 4.69) is 22.8 Å². The molecular weight excluding hydrogens is 320 g/mol. The molecule has 0 unspecified atom stereocenters. The number of ether oxygens (including phenoxy) is 2. The Balaban J connectivity index is 1.39. The lowest BCUT2D eigenvalue weighted by Gasteiger charge is -2.38. The van der Waals surface area contributed by atoms with E-state index in [0.29, 0.717) is 32.7 Å². The van der Waals surface area contributed by atoms with Crippen LogP contribution in [0.15, 0.2) is 30.3 Å². The van der Waals surface area contributed by atoms with Crippen molar-refractivity contribution in [1.82, 2.24) is 10.6 Å². The van der Waals surface area contributed by atoms with E-state index in [-0.39, 0.29) is 24.2 Å². The lowest BCUT2D eigenvalue weighted by atomic mass is 9.96. The normalized spacial score (nSPS) is 30.0. The topological polar surface area (TPSA) is 79.8 Å². The van der Waals surface area contributed by atoms with Gasteiger partial charge in [0.05, 0.1) is 37.9 Å². The summed E-state index contributed by atoms with van der Waals surface area (Å²) < 4.78 is 11.6. The van der Waals surface area contributed by atoms with Crippen molar-refractivity contribution in [2.75, 3.05) is 26.3 Å². The number of aliphatic hydroxyl groups excluding tert-OH is 1. The molecule has 0 aliphatic carbocycles. The van der Waals surface area contributed by atoms with Crippen LogP contribution in [0.5, 0.6) is 0 Å². The molecule has 138 valence electrons. The number of hydrogen-bond acceptors (Lipinski definition) is 5. The lowest BCUT2D eigenvalue weighted by Crippen LogP contribution is -2.53. The maximum Gasteiger partial charge on any atom is 0.222 e. The van der Waals surface area contributed by atoms with Gasteiger partial charge in [0.2, 0.25) is 5.91 Å². The molecule has 0 saturated carbocycles. The van der Waals surface area contributed by atoms with Gasteiger partial charge >= 0.3 is 0 Å². The van der Waals surface area contributed by atoms with Crippen molar-refractivity contribution in [3.63, 3.8) is 0 Å². The highest BCUT2D eigenvalue weighted by Crippen LogP contribution is 2.23. The molecule has 1 aromatic carbocycles. The quantitative estimate of drug-likeness (QED) is 0.727. The minimum absolute atomic E-state index is 0.0366. The maximum atomic E-state index is 12.2. The molecule has 1 aromatic rings. The fourth-order valence-corrected chi connectivity index (χ4v) is 3.44. The zero-order valence-corrected chi connectivity index (χ0v) is 14.5. The molecule has 25 heavy (non-hydrogen) atoms. The first-order valence-electron chi connectivity index (χ1n) is 9.16. The molecule has 6 nitrogen and oxygen atoms in total. The van der Waals surface area contributed by atoms with Gasteiger partial charge in [0.1, 0.15) is 0 Å². The summed E-state index contributed by atoms with van der Waals surface area (Å²) in [5.41, 5.74) is 1.22. The third kappa shape index (κ3) is 5.78. The molecule has 2 aliphatic heterocycles. The second-order valence-electron chi connectivity index (χ2n) is 6.87. The number of fused-ring (bicyclic) bond motifs is 1. The Hall–Kier alpha value is -1.47. The van der Waals surface area contributed by atoms with E-state index in [9.17, 15) is 9.90 Å². The molecule has 0 spiro atoms. The summed E-state index contributed by atoms with van der Waals surface area (Å²) in [6.45, 7) is 1.95. The molecule has 3 rings (SSSR count). The summed E-state index contributed by atoms with van der Waals surface area (Å²) >= 11 is 0. The molecule has 2 saturated heterocycles. The number of carbonyl (C=O) groups is 1. The number of β-amino-alcohol motifs (C(OH)–C–C–N with tert-alkyl or cyclic N) is 1. The molecule has 0 radical (unpaired) electrons. The van der Waals surface area contributed by atoms with Gasteiger partial charge in [0.25, 0.3) is 0 Å². The molecule has 1 amide bonds. The number of carbonyl (C=O) groups excluding carboxylic acids is 1. The van der Waals surface area contributed by atoms with Crippen LogP contribution in [0, 0.1) is 0 Å². The van der Waals surface area contributed by atoms with Crippen molar-refractivity contribution in [3.8, 4) is 0 Å². The van der Waals surface area contributed by atoms with Gasteiger partial charge < -0.3 is 25.2 Å². The van der Waals surface area contributed by atoms with Crippen molar-refractivity contribution >= 4 is 5.91 Å². The van der Waals surface area contributed by atoms with Crippen LogP contribution in [-0.4, -0.2) is 61.7 Å². The lowest BCUT2D eigenvalue weighted by molar-refractivity contribution is -0.137. The predicted octanol–water partition coefficient (Wildman–Crippen LogP) is 0.632. The number of nitrogens with one attached hydrogen (secondary N) is 2. The predicted molar refractivity (Wildman–Crippen MR) is 94.3 cm³/mol. The Kier molecular flexibility index (Phi) is 6.81. The maximum absolute atomic E-state index is 12.2. The molecular formula is C19H28N2O4. The van der Waals surface area contributed by atoms with Gasteiger partial charge in [-0.3, -0.25) is 4.79 Å². The van der Waals surface area contributed by atoms with Crippen molar-refractivity contribution in [2.24, 2.45) is 0 Å². The first-order chi connectivity index (χ1) is 12.2. The van der Waals surface area contributed by atoms with Crippen LogP contribution in [0.2, 0.25) is 0 Å². The summed E-state index contributed by atoms with van der Waals surface area (Å²) in [6.07, 6.45) is 2.42. The highest BCUT2D eigenvalue weighted by atomic mass is 16.5. The van der Waals surface area contributed by atoms with E-state index >= 15 is 0 Å². The van der Waals surface area contributed by atoms with Crippen LogP contribution < -0.4 is 10.6 Å². The second kappa shape index (κ2) is 9.29. The monoisotopic (exact) mass is 348 g/mol. The Morgan fingerprint density at radius 1 is 1.24 bits per heavy atom. The molecule has 2 fully saturated rings. The second-order valence-corrected chi connectivity index (χ2v) is 6.87. The minimum atomic E-state index is -0.464. The summed E-state index contributed by atoms with van der Waals surface area (Å²) in [7, 11) is 0. The minimum Gasteiger partial charge on any atom is -0.389 e. The number of hydrogen-bond donors (Lipinski definition) is 3. The smallest absolute Gasteiger partial charge is 0.222 e. The van der Waals surface area contributed by atoms with Gasteiger partial charge in [0.15, 0.2) is 0 Å². The van der Waals surface area contributed by atoms with Crippen molar-refractivity contribution in [1.29, 1.82) is 0 Å². The van der Waals surface area contributed by atoms with Crippen LogP contribution in [0.1, 0.15) is 24.8 Å². The van der Waals surface area contributed by atoms with E-state index in [1.807, 2.05) is 18.2 Å². The Labute approximate surface area is 148 Å². The van der Waals surface area contributed by atoms with Crippen molar-refractivity contribution in [3.05, 3.63) is 35.9 Å². The largest absolute Gasteiger partial charge is 0.389 e. The number of rotatable bonds is 5. The fraction of sp³-hybridized carbons (Fsp3) is 0.632. The zero-order valence-electron chi connectivity index (χ0n) is 14.5. The average molecular weight is 348 g/mol. The average Bonchev–Trinajstić information content (AvgIpc) is 2.60. The van der Waals surface area contributed by atoms with E-state index in [1.54, 1.807) is 0 Å². The van der Waals surface area contributed by atoms with E-state index in [4.69, 9.17) is 9.47 Å². The Morgan fingerprint density at radius 2 is 2.08 bits per heavy atom. The van der Waals surface area contributed by atoms with E-state index in [0.717, 1.165) is 19.3 Å². The van der Waals surface area contributed by atoms with Gasteiger partial charge in [-0.05, 0) is 24.8 Å². The number of benzene rings is 1. The summed E-state index contributed by atoms with van der Waals surface area (Å²) in [5.74, 6) is 0.0366. The van der Waals surface area contributed by atoms with Crippen molar-refractivity contribution < 1.29 is 19.4 Å². The van der Waals surface area contributed by atoms with Crippen LogP contribution in [0.4, 0.5) is 0 Å². The molecule has 4 atom stereocenters. The van der Waals surface area contributed by atoms with E-state index in [1.165, 1.54) is 5.56 Å². The third-order valence-electron chi connectivity index (χ3n) is 4.82. The van der Waals surface area contributed by atoms with Gasteiger partial charge in [-0.25, -0.2) is 0 Å².